The van der Waals surface area contributed by atoms with Crippen LogP contribution >= 0.6 is 15.9 Å². The fourth-order valence-electron chi connectivity index (χ4n) is 2.00. The van der Waals surface area contributed by atoms with Gasteiger partial charge >= 0.3 is 0 Å². The lowest BCUT2D eigenvalue weighted by Crippen LogP contribution is -2.18. The van der Waals surface area contributed by atoms with Crippen LogP contribution in [0.1, 0.15) is 22.7 Å². The van der Waals surface area contributed by atoms with Crippen LogP contribution in [0.5, 0.6) is 0 Å². The average molecular weight is 308 g/mol. The number of aryl methyl sites for hydroxylation is 1. The lowest BCUT2D eigenvalue weighted by molar-refractivity contribution is 0.608. The van der Waals surface area contributed by atoms with E-state index in [2.05, 4.69) is 52.4 Å². The van der Waals surface area contributed by atoms with E-state index in [9.17, 15) is 4.39 Å². The predicted molar refractivity (Wildman–Crippen MR) is 76.2 cm³/mol. The van der Waals surface area contributed by atoms with E-state index >= 15 is 0 Å². The Morgan fingerprint density at radius 1 is 1.11 bits per heavy atom. The zero-order chi connectivity index (χ0) is 13.1. The number of benzene rings is 2. The number of nitrogens with one attached hydrogen (secondary N) is 1. The first-order valence-corrected chi connectivity index (χ1v) is 6.60. The first-order chi connectivity index (χ1) is 8.63. The first-order valence-electron chi connectivity index (χ1n) is 5.81. The summed E-state index contributed by atoms with van der Waals surface area (Å²) in [6.07, 6.45) is 0. The number of hydrogen-bond donors (Lipinski definition) is 1. The van der Waals surface area contributed by atoms with E-state index in [1.54, 1.807) is 6.07 Å². The van der Waals surface area contributed by atoms with E-state index in [0.29, 0.717) is 4.47 Å². The minimum atomic E-state index is -0.236. The molecular formula is C15H15BrFN. The van der Waals surface area contributed by atoms with Crippen molar-refractivity contribution >= 4 is 15.9 Å². The fraction of sp³-hybridized carbons (Fsp3) is 0.200. The zero-order valence-corrected chi connectivity index (χ0v) is 12.0. The Kier molecular flexibility index (Phi) is 4.15. The molecule has 0 radical (unpaired) electrons. The van der Waals surface area contributed by atoms with Gasteiger partial charge < -0.3 is 5.32 Å². The molecule has 18 heavy (non-hydrogen) atoms. The summed E-state index contributed by atoms with van der Waals surface area (Å²) in [6, 6.07) is 13.3. The van der Waals surface area contributed by atoms with Gasteiger partial charge in [0.2, 0.25) is 0 Å². The van der Waals surface area contributed by atoms with Crippen LogP contribution in [0.2, 0.25) is 0 Å². The summed E-state index contributed by atoms with van der Waals surface area (Å²) in [4.78, 5) is 0. The molecule has 0 bridgehead atoms. The van der Waals surface area contributed by atoms with Crippen molar-refractivity contribution in [3.63, 3.8) is 0 Å². The van der Waals surface area contributed by atoms with Crippen LogP contribution in [-0.2, 0) is 0 Å². The minimum absolute atomic E-state index is 0.0179. The van der Waals surface area contributed by atoms with Crippen LogP contribution in [0, 0.1) is 12.7 Å². The molecule has 2 aromatic rings. The van der Waals surface area contributed by atoms with Gasteiger partial charge in [0.25, 0.3) is 0 Å². The highest BCUT2D eigenvalue weighted by molar-refractivity contribution is 9.10. The molecule has 2 aromatic carbocycles. The van der Waals surface area contributed by atoms with Crippen LogP contribution in [-0.4, -0.2) is 7.05 Å². The van der Waals surface area contributed by atoms with Crippen molar-refractivity contribution in [2.24, 2.45) is 0 Å². The molecule has 0 saturated carbocycles. The van der Waals surface area contributed by atoms with Crippen molar-refractivity contribution in [2.45, 2.75) is 13.0 Å². The molecule has 0 saturated heterocycles. The van der Waals surface area contributed by atoms with E-state index < -0.39 is 0 Å². The molecule has 0 aliphatic rings. The molecule has 1 N–H and O–H groups in total. The van der Waals surface area contributed by atoms with Crippen molar-refractivity contribution in [1.82, 2.24) is 5.32 Å². The molecule has 1 nitrogen and oxygen atoms in total. The summed E-state index contributed by atoms with van der Waals surface area (Å²) in [5.41, 5.74) is 3.24. The van der Waals surface area contributed by atoms with Gasteiger partial charge in [0.15, 0.2) is 0 Å². The number of rotatable bonds is 3. The van der Waals surface area contributed by atoms with Crippen LogP contribution in [0.15, 0.2) is 46.9 Å². The molecule has 0 fully saturated rings. The van der Waals surface area contributed by atoms with Gasteiger partial charge in [-0.3, -0.25) is 0 Å². The highest BCUT2D eigenvalue weighted by Gasteiger charge is 2.16. The molecule has 1 atom stereocenters. The number of halogens is 2. The second-order valence-corrected chi connectivity index (χ2v) is 5.07. The van der Waals surface area contributed by atoms with Crippen molar-refractivity contribution in [2.75, 3.05) is 7.05 Å². The van der Waals surface area contributed by atoms with E-state index in [-0.39, 0.29) is 11.9 Å². The van der Waals surface area contributed by atoms with Crippen molar-refractivity contribution in [3.8, 4) is 0 Å². The van der Waals surface area contributed by atoms with Gasteiger partial charge in [-0.15, -0.1) is 0 Å². The largest absolute Gasteiger partial charge is 0.309 e. The van der Waals surface area contributed by atoms with Gasteiger partial charge in [-0.25, -0.2) is 4.39 Å². The Morgan fingerprint density at radius 2 is 1.78 bits per heavy atom. The Labute approximate surface area is 115 Å². The minimum Gasteiger partial charge on any atom is -0.309 e. The third-order valence-electron chi connectivity index (χ3n) is 2.99. The molecule has 3 heteroatoms. The molecule has 0 aliphatic carbocycles. The Morgan fingerprint density at radius 3 is 2.39 bits per heavy atom. The smallest absolute Gasteiger partial charge is 0.137 e. The molecule has 2 rings (SSSR count). The van der Waals surface area contributed by atoms with E-state index in [4.69, 9.17) is 0 Å². The van der Waals surface area contributed by atoms with Crippen LogP contribution in [0.3, 0.4) is 0 Å². The van der Waals surface area contributed by atoms with E-state index in [1.807, 2.05) is 13.1 Å². The number of hydrogen-bond acceptors (Lipinski definition) is 1. The molecular weight excluding hydrogens is 293 g/mol. The maximum Gasteiger partial charge on any atom is 0.137 e. The van der Waals surface area contributed by atoms with Gasteiger partial charge in [0.05, 0.1) is 10.5 Å². The van der Waals surface area contributed by atoms with Gasteiger partial charge in [-0.05, 0) is 47.1 Å². The molecule has 0 spiro atoms. The molecule has 1 unspecified atom stereocenters. The molecule has 0 heterocycles. The summed E-state index contributed by atoms with van der Waals surface area (Å²) in [7, 11) is 1.88. The highest BCUT2D eigenvalue weighted by Crippen LogP contribution is 2.30. The molecule has 94 valence electrons. The Bertz CT molecular complexity index is 537. The Balaban J connectivity index is 2.45. The lowest BCUT2D eigenvalue weighted by atomic mass is 9.98. The molecule has 0 aromatic heterocycles. The summed E-state index contributed by atoms with van der Waals surface area (Å²) in [5, 5.41) is 3.23. The summed E-state index contributed by atoms with van der Waals surface area (Å²) in [5.74, 6) is -0.236. The van der Waals surface area contributed by atoms with Gasteiger partial charge in [-0.2, -0.15) is 0 Å². The van der Waals surface area contributed by atoms with Crippen molar-refractivity contribution in [3.05, 3.63) is 69.4 Å². The molecule has 0 amide bonds. The maximum atomic E-state index is 13.6. The lowest BCUT2D eigenvalue weighted by Gasteiger charge is -2.19. The third-order valence-corrected chi connectivity index (χ3v) is 3.83. The maximum absolute atomic E-state index is 13.6. The predicted octanol–water partition coefficient (Wildman–Crippen LogP) is 4.21. The second-order valence-electron chi connectivity index (χ2n) is 4.28. The standard InChI is InChI=1S/C15H15BrFN/c1-10-6-8-11(9-7-10)15(18-2)12-4-3-5-13(17)14(12)16/h3-9,15,18H,1-2H3. The fourth-order valence-corrected chi connectivity index (χ4v) is 2.50. The summed E-state index contributed by atoms with van der Waals surface area (Å²) in [6.45, 7) is 2.05. The van der Waals surface area contributed by atoms with E-state index in [0.717, 1.165) is 11.1 Å². The van der Waals surface area contributed by atoms with Crippen molar-refractivity contribution < 1.29 is 4.39 Å². The summed E-state index contributed by atoms with van der Waals surface area (Å²) >= 11 is 3.32. The van der Waals surface area contributed by atoms with E-state index in [1.165, 1.54) is 11.6 Å². The quantitative estimate of drug-likeness (QED) is 0.896. The average Bonchev–Trinajstić information content (AvgIpc) is 2.37. The summed E-state index contributed by atoms with van der Waals surface area (Å²) < 4.78 is 14.1. The second kappa shape index (κ2) is 5.63. The topological polar surface area (TPSA) is 12.0 Å². The monoisotopic (exact) mass is 307 g/mol. The first kappa shape index (κ1) is 13.2. The zero-order valence-electron chi connectivity index (χ0n) is 10.4. The van der Waals surface area contributed by atoms with Crippen LogP contribution < -0.4 is 5.32 Å². The molecule has 0 aliphatic heterocycles. The SMILES string of the molecule is CNC(c1ccc(C)cc1)c1cccc(F)c1Br. The van der Waals surface area contributed by atoms with Crippen LogP contribution in [0.25, 0.3) is 0 Å². The van der Waals surface area contributed by atoms with Gasteiger partial charge in [-0.1, -0.05) is 42.0 Å². The Hall–Kier alpha value is -1.19. The highest BCUT2D eigenvalue weighted by atomic mass is 79.9. The van der Waals surface area contributed by atoms with Crippen molar-refractivity contribution in [1.29, 1.82) is 0 Å². The third kappa shape index (κ3) is 2.62. The van der Waals surface area contributed by atoms with Gasteiger partial charge in [0, 0.05) is 0 Å². The normalized spacial score (nSPS) is 12.4. The van der Waals surface area contributed by atoms with Crippen LogP contribution in [0.4, 0.5) is 4.39 Å². The van der Waals surface area contributed by atoms with Gasteiger partial charge in [0.1, 0.15) is 5.82 Å².